The highest BCUT2D eigenvalue weighted by Gasteiger charge is 2.37. The second-order valence-corrected chi connectivity index (χ2v) is 6.23. The minimum atomic E-state index is -4.52. The fraction of sp³-hybridized carbons (Fsp3) is 0.562. The Morgan fingerprint density at radius 3 is 2.64 bits per heavy atom. The molecule has 1 aromatic carbocycles. The van der Waals surface area contributed by atoms with Crippen LogP contribution >= 0.6 is 0 Å². The Labute approximate surface area is 127 Å². The van der Waals surface area contributed by atoms with Gasteiger partial charge in [0.25, 0.3) is 0 Å². The SMILES string of the molecule is CCOC(=O)Cc1cc2c(cc1C(F)(F)F)CC(C)(C)CO2. The minimum absolute atomic E-state index is 0.107. The quantitative estimate of drug-likeness (QED) is 0.796. The van der Waals surface area contributed by atoms with Crippen LogP contribution in [0, 0.1) is 5.41 Å². The zero-order valence-corrected chi connectivity index (χ0v) is 12.8. The predicted octanol–water partition coefficient (Wildman–Crippen LogP) is 3.77. The summed E-state index contributed by atoms with van der Waals surface area (Å²) in [4.78, 5) is 11.5. The van der Waals surface area contributed by atoms with Gasteiger partial charge in [0.2, 0.25) is 0 Å². The van der Waals surface area contributed by atoms with Crippen LogP contribution in [0.5, 0.6) is 5.75 Å². The van der Waals surface area contributed by atoms with E-state index >= 15 is 0 Å². The van der Waals surface area contributed by atoms with Crippen molar-refractivity contribution in [1.82, 2.24) is 0 Å². The first-order chi connectivity index (χ1) is 10.1. The molecule has 0 amide bonds. The van der Waals surface area contributed by atoms with Gasteiger partial charge in [-0.25, -0.2) is 0 Å². The molecule has 22 heavy (non-hydrogen) atoms. The highest BCUT2D eigenvalue weighted by Crippen LogP contribution is 2.40. The van der Waals surface area contributed by atoms with Gasteiger partial charge in [-0.1, -0.05) is 13.8 Å². The fourth-order valence-electron chi connectivity index (χ4n) is 2.56. The number of esters is 1. The summed E-state index contributed by atoms with van der Waals surface area (Å²) in [6.45, 7) is 6.06. The third kappa shape index (κ3) is 3.72. The molecule has 0 radical (unpaired) electrons. The number of hydrogen-bond donors (Lipinski definition) is 0. The van der Waals surface area contributed by atoms with Crippen molar-refractivity contribution in [2.75, 3.05) is 13.2 Å². The van der Waals surface area contributed by atoms with Crippen LogP contribution in [0.15, 0.2) is 12.1 Å². The summed E-state index contributed by atoms with van der Waals surface area (Å²) in [5.74, 6) is -0.254. The second kappa shape index (κ2) is 5.82. The van der Waals surface area contributed by atoms with Gasteiger partial charge in [0, 0.05) is 5.41 Å². The smallest absolute Gasteiger partial charge is 0.416 e. The molecule has 1 aliphatic rings. The number of carbonyl (C=O) groups excluding carboxylic acids is 1. The van der Waals surface area contributed by atoms with Gasteiger partial charge in [-0.2, -0.15) is 13.2 Å². The molecule has 2 rings (SSSR count). The largest absolute Gasteiger partial charge is 0.493 e. The molecule has 1 heterocycles. The number of fused-ring (bicyclic) bond motifs is 1. The average molecular weight is 316 g/mol. The summed E-state index contributed by atoms with van der Waals surface area (Å²) in [5.41, 5.74) is -0.584. The monoisotopic (exact) mass is 316 g/mol. The lowest BCUT2D eigenvalue weighted by Crippen LogP contribution is -2.29. The van der Waals surface area contributed by atoms with E-state index in [9.17, 15) is 18.0 Å². The van der Waals surface area contributed by atoms with Crippen LogP contribution < -0.4 is 4.74 Å². The predicted molar refractivity (Wildman–Crippen MR) is 74.8 cm³/mol. The average Bonchev–Trinajstić information content (AvgIpc) is 2.36. The van der Waals surface area contributed by atoms with Gasteiger partial charge in [0.15, 0.2) is 0 Å². The van der Waals surface area contributed by atoms with Crippen LogP contribution in [0.1, 0.15) is 37.5 Å². The molecular weight excluding hydrogens is 297 g/mol. The van der Waals surface area contributed by atoms with Gasteiger partial charge >= 0.3 is 12.1 Å². The van der Waals surface area contributed by atoms with Crippen LogP contribution in [0.25, 0.3) is 0 Å². The number of ether oxygens (including phenoxy) is 2. The van der Waals surface area contributed by atoms with Crippen LogP contribution in [-0.4, -0.2) is 19.2 Å². The standard InChI is InChI=1S/C16H19F3O3/c1-4-21-14(20)7-10-6-13-11(5-12(10)16(17,18)19)8-15(2,3)9-22-13/h5-6H,4,7-9H2,1-3H3. The topological polar surface area (TPSA) is 35.5 Å². The van der Waals surface area contributed by atoms with Crippen LogP contribution in [0.2, 0.25) is 0 Å². The normalized spacial score (nSPS) is 16.6. The first-order valence-electron chi connectivity index (χ1n) is 7.14. The van der Waals surface area contributed by atoms with E-state index in [1.165, 1.54) is 6.07 Å². The van der Waals surface area contributed by atoms with Gasteiger partial charge in [-0.15, -0.1) is 0 Å². The summed E-state index contributed by atoms with van der Waals surface area (Å²) in [6, 6.07) is 2.43. The third-order valence-electron chi connectivity index (χ3n) is 3.52. The van der Waals surface area contributed by atoms with Crippen molar-refractivity contribution in [2.45, 2.75) is 39.8 Å². The first kappa shape index (κ1) is 16.6. The molecule has 0 unspecified atom stereocenters. The number of benzene rings is 1. The molecule has 0 saturated carbocycles. The second-order valence-electron chi connectivity index (χ2n) is 6.23. The molecule has 1 aromatic rings. The van der Waals surface area contributed by atoms with Crippen LogP contribution in [0.3, 0.4) is 0 Å². The molecule has 0 N–H and O–H groups in total. The van der Waals surface area contributed by atoms with Gasteiger partial charge in [0.1, 0.15) is 5.75 Å². The Morgan fingerprint density at radius 2 is 2.05 bits per heavy atom. The molecule has 0 bridgehead atoms. The maximum absolute atomic E-state index is 13.3. The number of alkyl halides is 3. The van der Waals surface area contributed by atoms with E-state index in [-0.39, 0.29) is 17.6 Å². The lowest BCUT2D eigenvalue weighted by molar-refractivity contribution is -0.143. The number of carbonyl (C=O) groups is 1. The molecule has 122 valence electrons. The van der Waals surface area contributed by atoms with Crippen molar-refractivity contribution in [3.63, 3.8) is 0 Å². The van der Waals surface area contributed by atoms with Gasteiger partial charge in [0.05, 0.1) is 25.2 Å². The van der Waals surface area contributed by atoms with E-state index in [1.54, 1.807) is 6.92 Å². The maximum atomic E-state index is 13.3. The zero-order valence-electron chi connectivity index (χ0n) is 12.8. The summed E-state index contributed by atoms with van der Waals surface area (Å²) < 4.78 is 50.1. The molecule has 0 aliphatic carbocycles. The molecule has 0 aromatic heterocycles. The summed E-state index contributed by atoms with van der Waals surface area (Å²) in [6.07, 6.45) is -4.42. The van der Waals surface area contributed by atoms with Crippen molar-refractivity contribution in [1.29, 1.82) is 0 Å². The Hall–Kier alpha value is -1.72. The minimum Gasteiger partial charge on any atom is -0.493 e. The molecular formula is C16H19F3O3. The summed E-state index contributed by atoms with van der Waals surface area (Å²) in [7, 11) is 0. The summed E-state index contributed by atoms with van der Waals surface area (Å²) in [5, 5.41) is 0. The van der Waals surface area contributed by atoms with Gasteiger partial charge in [-0.05, 0) is 36.6 Å². The fourth-order valence-corrected chi connectivity index (χ4v) is 2.56. The molecule has 6 heteroatoms. The van der Waals surface area contributed by atoms with Crippen molar-refractivity contribution < 1.29 is 27.4 Å². The maximum Gasteiger partial charge on any atom is 0.416 e. The lowest BCUT2D eigenvalue weighted by Gasteiger charge is -2.32. The molecule has 0 atom stereocenters. The van der Waals surface area contributed by atoms with E-state index in [2.05, 4.69) is 0 Å². The number of hydrogen-bond acceptors (Lipinski definition) is 3. The Bertz CT molecular complexity index is 577. The van der Waals surface area contributed by atoms with Crippen molar-refractivity contribution in [2.24, 2.45) is 5.41 Å². The van der Waals surface area contributed by atoms with E-state index in [4.69, 9.17) is 9.47 Å². The van der Waals surface area contributed by atoms with E-state index in [1.807, 2.05) is 13.8 Å². The highest BCUT2D eigenvalue weighted by atomic mass is 19.4. The van der Waals surface area contributed by atoms with E-state index in [0.29, 0.717) is 24.3 Å². The zero-order chi connectivity index (χ0) is 16.5. The highest BCUT2D eigenvalue weighted by molar-refractivity contribution is 5.73. The molecule has 3 nitrogen and oxygen atoms in total. The third-order valence-corrected chi connectivity index (χ3v) is 3.52. The first-order valence-corrected chi connectivity index (χ1v) is 7.14. The van der Waals surface area contributed by atoms with Crippen molar-refractivity contribution in [3.05, 3.63) is 28.8 Å². The van der Waals surface area contributed by atoms with E-state index in [0.717, 1.165) is 6.07 Å². The van der Waals surface area contributed by atoms with Crippen molar-refractivity contribution in [3.8, 4) is 5.75 Å². The lowest BCUT2D eigenvalue weighted by atomic mass is 9.83. The van der Waals surface area contributed by atoms with Crippen molar-refractivity contribution >= 4 is 5.97 Å². The van der Waals surface area contributed by atoms with E-state index < -0.39 is 24.1 Å². The number of halogens is 3. The number of rotatable bonds is 3. The molecule has 0 saturated heterocycles. The molecule has 0 fully saturated rings. The Kier molecular flexibility index (Phi) is 4.40. The summed E-state index contributed by atoms with van der Waals surface area (Å²) >= 11 is 0. The van der Waals surface area contributed by atoms with Gasteiger partial charge in [-0.3, -0.25) is 4.79 Å². The van der Waals surface area contributed by atoms with Gasteiger partial charge < -0.3 is 9.47 Å². The Morgan fingerprint density at radius 1 is 1.36 bits per heavy atom. The molecule has 0 spiro atoms. The van der Waals surface area contributed by atoms with Crippen LogP contribution in [0.4, 0.5) is 13.2 Å². The van der Waals surface area contributed by atoms with Crippen LogP contribution in [-0.2, 0) is 28.5 Å². The molecule has 1 aliphatic heterocycles. The Balaban J connectivity index is 2.42.